The van der Waals surface area contributed by atoms with E-state index in [-0.39, 0.29) is 24.9 Å². The quantitative estimate of drug-likeness (QED) is 0.191. The average Bonchev–Trinajstić information content (AvgIpc) is 3.50. The van der Waals surface area contributed by atoms with Crippen molar-refractivity contribution < 1.29 is 19.1 Å². The van der Waals surface area contributed by atoms with E-state index in [1.165, 1.54) is 23.1 Å². The lowest BCUT2D eigenvalue weighted by Gasteiger charge is -2.10. The number of esters is 1. The van der Waals surface area contributed by atoms with Gasteiger partial charge in [0.05, 0.1) is 12.4 Å². The van der Waals surface area contributed by atoms with Gasteiger partial charge in [0.2, 0.25) is 5.91 Å². The molecule has 0 saturated heterocycles. The second kappa shape index (κ2) is 12.6. The van der Waals surface area contributed by atoms with Crippen molar-refractivity contribution in [1.82, 2.24) is 14.8 Å². The molecule has 4 rings (SSSR count). The van der Waals surface area contributed by atoms with E-state index < -0.39 is 5.97 Å². The first kappa shape index (κ1) is 26.4. The van der Waals surface area contributed by atoms with Crippen molar-refractivity contribution in [3.8, 4) is 16.9 Å². The number of carbonyl (C=O) groups is 2. The van der Waals surface area contributed by atoms with Crippen LogP contribution >= 0.6 is 23.1 Å². The molecule has 0 aliphatic rings. The summed E-state index contributed by atoms with van der Waals surface area (Å²) in [6, 6.07) is 17.4. The van der Waals surface area contributed by atoms with E-state index >= 15 is 0 Å². The molecule has 0 fully saturated rings. The molecule has 4 aromatic rings. The minimum Gasteiger partial charge on any atom is -0.486 e. The minimum atomic E-state index is -0.463. The van der Waals surface area contributed by atoms with Crippen LogP contribution in [0.5, 0.6) is 5.75 Å². The number of benzene rings is 2. The third-order valence-corrected chi connectivity index (χ3v) is 7.27. The van der Waals surface area contributed by atoms with Crippen molar-refractivity contribution >= 4 is 40.0 Å². The van der Waals surface area contributed by atoms with Crippen LogP contribution in [0.2, 0.25) is 0 Å². The zero-order valence-electron chi connectivity index (χ0n) is 20.9. The highest BCUT2D eigenvalue weighted by molar-refractivity contribution is 7.99. The lowest BCUT2D eigenvalue weighted by molar-refractivity contribution is -0.113. The lowest BCUT2D eigenvalue weighted by atomic mass is 10.0. The lowest BCUT2D eigenvalue weighted by Crippen LogP contribution is -2.17. The SMILES string of the molecule is CCOC(=O)c1c(-c2ccccc2)csc1NC(=O)CSc1nnc(COc2cccc(C)c2)n1CC. The fourth-order valence-electron chi connectivity index (χ4n) is 3.68. The number of nitrogens with zero attached hydrogens (tertiary/aromatic N) is 3. The summed E-state index contributed by atoms with van der Waals surface area (Å²) in [7, 11) is 0. The maximum atomic E-state index is 12.9. The molecule has 1 amide bonds. The number of rotatable bonds is 11. The molecule has 2 aromatic carbocycles. The standard InChI is InChI=1S/C27H28N4O4S2/c1-4-31-22(15-35-20-13-9-10-18(3)14-20)29-30-27(31)37-17-23(32)28-25-24(26(33)34-5-2)21(16-36-25)19-11-7-6-8-12-19/h6-14,16H,4-5,15,17H2,1-3H3,(H,28,32). The zero-order chi connectivity index (χ0) is 26.2. The monoisotopic (exact) mass is 536 g/mol. The minimum absolute atomic E-state index is 0.109. The molecule has 0 radical (unpaired) electrons. The highest BCUT2D eigenvalue weighted by Gasteiger charge is 2.23. The van der Waals surface area contributed by atoms with Crippen LogP contribution in [-0.4, -0.2) is 39.0 Å². The maximum absolute atomic E-state index is 12.9. The van der Waals surface area contributed by atoms with Gasteiger partial charge in [0.1, 0.15) is 22.9 Å². The van der Waals surface area contributed by atoms with Gasteiger partial charge in [0.25, 0.3) is 0 Å². The van der Waals surface area contributed by atoms with Crippen LogP contribution in [0.3, 0.4) is 0 Å². The Hall–Kier alpha value is -3.63. The number of anilines is 1. The van der Waals surface area contributed by atoms with Crippen molar-refractivity contribution in [1.29, 1.82) is 0 Å². The fourth-order valence-corrected chi connectivity index (χ4v) is 5.48. The van der Waals surface area contributed by atoms with Gasteiger partial charge in [0.15, 0.2) is 11.0 Å². The smallest absolute Gasteiger partial charge is 0.341 e. The predicted octanol–water partition coefficient (Wildman–Crippen LogP) is 5.82. The molecule has 37 heavy (non-hydrogen) atoms. The maximum Gasteiger partial charge on any atom is 0.341 e. The fraction of sp³-hybridized carbons (Fsp3) is 0.259. The first-order valence-corrected chi connectivity index (χ1v) is 13.7. The van der Waals surface area contributed by atoms with Gasteiger partial charge >= 0.3 is 5.97 Å². The zero-order valence-corrected chi connectivity index (χ0v) is 22.5. The molecule has 1 N–H and O–H groups in total. The van der Waals surface area contributed by atoms with Gasteiger partial charge in [-0.3, -0.25) is 4.79 Å². The van der Waals surface area contributed by atoms with E-state index in [2.05, 4.69) is 15.5 Å². The van der Waals surface area contributed by atoms with Crippen LogP contribution < -0.4 is 10.1 Å². The van der Waals surface area contributed by atoms with Gasteiger partial charge < -0.3 is 19.4 Å². The summed E-state index contributed by atoms with van der Waals surface area (Å²) in [6.07, 6.45) is 0. The number of hydrogen-bond acceptors (Lipinski definition) is 8. The Balaban J connectivity index is 1.43. The number of carbonyl (C=O) groups excluding carboxylic acids is 2. The second-order valence-electron chi connectivity index (χ2n) is 8.03. The summed E-state index contributed by atoms with van der Waals surface area (Å²) >= 11 is 2.58. The number of amides is 1. The Morgan fingerprint density at radius 3 is 2.62 bits per heavy atom. The molecule has 0 aliphatic carbocycles. The average molecular weight is 537 g/mol. The van der Waals surface area contributed by atoms with Gasteiger partial charge in [-0.25, -0.2) is 4.79 Å². The van der Waals surface area contributed by atoms with Crippen LogP contribution in [0.4, 0.5) is 5.00 Å². The summed E-state index contributed by atoms with van der Waals surface area (Å²) in [5, 5.41) is 14.3. The number of thioether (sulfide) groups is 1. The highest BCUT2D eigenvalue weighted by Crippen LogP contribution is 2.36. The first-order valence-electron chi connectivity index (χ1n) is 11.9. The Morgan fingerprint density at radius 2 is 1.89 bits per heavy atom. The van der Waals surface area contributed by atoms with Crippen molar-refractivity contribution in [3.05, 3.63) is 76.9 Å². The number of ether oxygens (including phenoxy) is 2. The van der Waals surface area contributed by atoms with Crippen molar-refractivity contribution in [2.45, 2.75) is 39.1 Å². The molecule has 192 valence electrons. The van der Waals surface area contributed by atoms with Gasteiger partial charge in [-0.1, -0.05) is 54.2 Å². The molecular formula is C27H28N4O4S2. The third-order valence-electron chi connectivity index (χ3n) is 5.41. The van der Waals surface area contributed by atoms with Crippen LogP contribution in [0.15, 0.2) is 65.1 Å². The number of thiophene rings is 1. The number of aromatic nitrogens is 3. The van der Waals surface area contributed by atoms with E-state index in [9.17, 15) is 9.59 Å². The molecule has 0 bridgehead atoms. The van der Waals surface area contributed by atoms with E-state index in [1.807, 2.05) is 78.4 Å². The topological polar surface area (TPSA) is 95.3 Å². The van der Waals surface area contributed by atoms with Gasteiger partial charge in [-0.15, -0.1) is 21.5 Å². The summed E-state index contributed by atoms with van der Waals surface area (Å²) in [5.41, 5.74) is 3.09. The normalized spacial score (nSPS) is 10.8. The number of aryl methyl sites for hydroxylation is 1. The van der Waals surface area contributed by atoms with Crippen LogP contribution in [0.1, 0.15) is 35.6 Å². The van der Waals surface area contributed by atoms with Crippen LogP contribution in [0, 0.1) is 6.92 Å². The highest BCUT2D eigenvalue weighted by atomic mass is 32.2. The number of hydrogen-bond donors (Lipinski definition) is 1. The van der Waals surface area contributed by atoms with Crippen LogP contribution in [-0.2, 0) is 22.7 Å². The van der Waals surface area contributed by atoms with E-state index in [0.717, 1.165) is 22.4 Å². The van der Waals surface area contributed by atoms with Gasteiger partial charge in [-0.2, -0.15) is 0 Å². The molecule has 10 heteroatoms. The van der Waals surface area contributed by atoms with E-state index in [0.29, 0.717) is 28.1 Å². The van der Waals surface area contributed by atoms with Gasteiger partial charge in [-0.05, 0) is 44.0 Å². The summed E-state index contributed by atoms with van der Waals surface area (Å²) in [6.45, 7) is 6.92. The molecule has 2 aromatic heterocycles. The van der Waals surface area contributed by atoms with Crippen molar-refractivity contribution in [2.75, 3.05) is 17.7 Å². The summed E-state index contributed by atoms with van der Waals surface area (Å²) in [5.74, 6) is 0.844. The summed E-state index contributed by atoms with van der Waals surface area (Å²) < 4.78 is 13.1. The molecule has 0 aliphatic heterocycles. The van der Waals surface area contributed by atoms with Crippen LogP contribution in [0.25, 0.3) is 11.1 Å². The molecule has 0 atom stereocenters. The van der Waals surface area contributed by atoms with Crippen molar-refractivity contribution in [3.63, 3.8) is 0 Å². The third kappa shape index (κ3) is 6.58. The van der Waals surface area contributed by atoms with E-state index in [1.54, 1.807) is 6.92 Å². The Morgan fingerprint density at radius 1 is 1.08 bits per heavy atom. The Bertz CT molecular complexity index is 1370. The predicted molar refractivity (Wildman–Crippen MR) is 146 cm³/mol. The summed E-state index contributed by atoms with van der Waals surface area (Å²) in [4.78, 5) is 25.6. The molecule has 0 unspecified atom stereocenters. The van der Waals surface area contributed by atoms with Gasteiger partial charge in [0, 0.05) is 17.5 Å². The van der Waals surface area contributed by atoms with Crippen molar-refractivity contribution in [2.24, 2.45) is 0 Å². The largest absolute Gasteiger partial charge is 0.486 e. The Kier molecular flexibility index (Phi) is 8.97. The molecule has 0 spiro atoms. The molecular weight excluding hydrogens is 508 g/mol. The Labute approximate surface area is 224 Å². The molecule has 2 heterocycles. The van der Waals surface area contributed by atoms with E-state index in [4.69, 9.17) is 9.47 Å². The molecule has 0 saturated carbocycles. The second-order valence-corrected chi connectivity index (χ2v) is 9.85. The first-order chi connectivity index (χ1) is 18.0. The molecule has 8 nitrogen and oxygen atoms in total. The number of nitrogens with one attached hydrogen (secondary N) is 1.